The van der Waals surface area contributed by atoms with Crippen molar-refractivity contribution in [1.29, 1.82) is 0 Å². The molecule has 1 saturated heterocycles. The molecule has 0 aliphatic carbocycles. The highest BCUT2D eigenvalue weighted by Crippen LogP contribution is 2.29. The van der Waals surface area contributed by atoms with Gasteiger partial charge in [-0.2, -0.15) is 0 Å². The van der Waals surface area contributed by atoms with Crippen LogP contribution < -0.4 is 0 Å². The predicted octanol–water partition coefficient (Wildman–Crippen LogP) is 5.78. The van der Waals surface area contributed by atoms with Gasteiger partial charge in [-0.25, -0.2) is 4.39 Å². The highest BCUT2D eigenvalue weighted by molar-refractivity contribution is 6.01. The van der Waals surface area contributed by atoms with Crippen molar-refractivity contribution in [3.05, 3.63) is 59.9 Å². The van der Waals surface area contributed by atoms with E-state index in [2.05, 4.69) is 13.8 Å². The molecule has 0 saturated carbocycles. The number of rotatable bonds is 5. The van der Waals surface area contributed by atoms with E-state index < -0.39 is 5.82 Å². The number of halogens is 1. The van der Waals surface area contributed by atoms with Crippen LogP contribution in [-0.2, 0) is 0 Å². The Morgan fingerprint density at radius 3 is 2.42 bits per heavy atom. The maximum absolute atomic E-state index is 14.6. The number of hydrogen-bond donors (Lipinski definition) is 0. The van der Waals surface area contributed by atoms with Crippen molar-refractivity contribution >= 4 is 5.91 Å². The molecule has 0 aromatic heterocycles. The topological polar surface area (TPSA) is 20.3 Å². The Labute approximate surface area is 156 Å². The van der Waals surface area contributed by atoms with Crippen LogP contribution in [0.5, 0.6) is 0 Å². The number of benzene rings is 2. The largest absolute Gasteiger partial charge is 0.339 e. The predicted molar refractivity (Wildman–Crippen MR) is 105 cm³/mol. The van der Waals surface area contributed by atoms with Crippen LogP contribution in [0.2, 0.25) is 0 Å². The molecule has 0 N–H and O–H groups in total. The molecule has 3 heteroatoms. The quantitative estimate of drug-likeness (QED) is 0.667. The Bertz CT molecular complexity index is 733. The lowest BCUT2D eigenvalue weighted by molar-refractivity contribution is 0.0680. The van der Waals surface area contributed by atoms with Crippen molar-refractivity contribution in [2.45, 2.75) is 39.5 Å². The summed E-state index contributed by atoms with van der Waals surface area (Å²) in [6.07, 6.45) is 4.51. The molecule has 1 aliphatic rings. The van der Waals surface area contributed by atoms with Crippen molar-refractivity contribution in [3.8, 4) is 11.1 Å². The van der Waals surface area contributed by atoms with Crippen LogP contribution in [0.25, 0.3) is 11.1 Å². The fourth-order valence-corrected chi connectivity index (χ4v) is 3.75. The fourth-order valence-electron chi connectivity index (χ4n) is 3.75. The van der Waals surface area contributed by atoms with Crippen LogP contribution in [0.4, 0.5) is 4.39 Å². The summed E-state index contributed by atoms with van der Waals surface area (Å²) in [6.45, 7) is 5.96. The lowest BCUT2D eigenvalue weighted by atomic mass is 9.89. The van der Waals surface area contributed by atoms with Gasteiger partial charge in [-0.1, -0.05) is 69.2 Å². The number of amides is 1. The zero-order valence-corrected chi connectivity index (χ0v) is 15.7. The van der Waals surface area contributed by atoms with Gasteiger partial charge in [-0.05, 0) is 41.9 Å². The van der Waals surface area contributed by atoms with Gasteiger partial charge in [0.15, 0.2) is 0 Å². The van der Waals surface area contributed by atoms with Gasteiger partial charge in [-0.15, -0.1) is 0 Å². The highest BCUT2D eigenvalue weighted by Gasteiger charge is 2.27. The van der Waals surface area contributed by atoms with E-state index >= 15 is 0 Å². The average Bonchev–Trinajstić information content (AvgIpc) is 2.67. The smallest absolute Gasteiger partial charge is 0.257 e. The summed E-state index contributed by atoms with van der Waals surface area (Å²) >= 11 is 0. The normalized spacial score (nSPS) is 15.5. The molecule has 0 radical (unpaired) electrons. The molecule has 1 aliphatic heterocycles. The first-order valence-electron chi connectivity index (χ1n) is 9.69. The number of nitrogens with zero attached hydrogens (tertiary/aromatic N) is 1. The van der Waals surface area contributed by atoms with E-state index in [9.17, 15) is 9.18 Å². The monoisotopic (exact) mass is 353 g/mol. The Morgan fingerprint density at radius 1 is 1.08 bits per heavy atom. The van der Waals surface area contributed by atoms with Gasteiger partial charge in [0.25, 0.3) is 5.91 Å². The second kappa shape index (κ2) is 8.48. The lowest BCUT2D eigenvalue weighted by Gasteiger charge is -2.33. The molecule has 138 valence electrons. The first kappa shape index (κ1) is 18.6. The van der Waals surface area contributed by atoms with Gasteiger partial charge in [0.05, 0.1) is 5.56 Å². The molecule has 2 aromatic rings. The van der Waals surface area contributed by atoms with Crippen molar-refractivity contribution in [3.63, 3.8) is 0 Å². The maximum atomic E-state index is 14.6. The van der Waals surface area contributed by atoms with E-state index in [1.165, 1.54) is 18.9 Å². The van der Waals surface area contributed by atoms with E-state index in [1.807, 2.05) is 41.3 Å². The standard InChI is InChI=1S/C23H28FNO/c1-17(2)11-12-18-13-15-25(16-14-18)23(26)22-20(9-6-10-21(22)24)19-7-4-3-5-8-19/h3-10,17-18H,11-16H2,1-2H3. The molecule has 1 fully saturated rings. The zero-order valence-electron chi connectivity index (χ0n) is 15.7. The second-order valence-corrected chi connectivity index (χ2v) is 7.74. The molecular weight excluding hydrogens is 325 g/mol. The Kier molecular flexibility index (Phi) is 6.08. The van der Waals surface area contributed by atoms with Gasteiger partial charge in [0, 0.05) is 13.1 Å². The van der Waals surface area contributed by atoms with Crippen LogP contribution >= 0.6 is 0 Å². The van der Waals surface area contributed by atoms with Crippen molar-refractivity contribution < 1.29 is 9.18 Å². The van der Waals surface area contributed by atoms with Crippen LogP contribution in [0.1, 0.15) is 49.9 Å². The summed E-state index contributed by atoms with van der Waals surface area (Å²) in [5.74, 6) is 0.805. The van der Waals surface area contributed by atoms with Crippen LogP contribution in [0, 0.1) is 17.7 Å². The third kappa shape index (κ3) is 4.32. The number of likely N-dealkylation sites (tertiary alicyclic amines) is 1. The van der Waals surface area contributed by atoms with E-state index in [0.29, 0.717) is 11.5 Å². The van der Waals surface area contributed by atoms with Gasteiger partial charge in [-0.3, -0.25) is 4.79 Å². The molecule has 0 atom stereocenters. The number of hydrogen-bond acceptors (Lipinski definition) is 1. The average molecular weight is 353 g/mol. The highest BCUT2D eigenvalue weighted by atomic mass is 19.1. The first-order valence-corrected chi connectivity index (χ1v) is 9.69. The van der Waals surface area contributed by atoms with Crippen LogP contribution in [-0.4, -0.2) is 23.9 Å². The molecule has 3 rings (SSSR count). The molecule has 1 heterocycles. The zero-order chi connectivity index (χ0) is 18.5. The Balaban J connectivity index is 1.75. The summed E-state index contributed by atoms with van der Waals surface area (Å²) in [4.78, 5) is 14.9. The van der Waals surface area contributed by atoms with Gasteiger partial charge in [0.2, 0.25) is 0 Å². The maximum Gasteiger partial charge on any atom is 0.257 e. The summed E-state index contributed by atoms with van der Waals surface area (Å²) in [5, 5.41) is 0. The van der Waals surface area contributed by atoms with E-state index in [-0.39, 0.29) is 11.5 Å². The van der Waals surface area contributed by atoms with Crippen molar-refractivity contribution in [1.82, 2.24) is 4.90 Å². The minimum Gasteiger partial charge on any atom is -0.339 e. The van der Waals surface area contributed by atoms with E-state index in [4.69, 9.17) is 0 Å². The fraction of sp³-hybridized carbons (Fsp3) is 0.435. The van der Waals surface area contributed by atoms with Gasteiger partial charge in [0.1, 0.15) is 5.82 Å². The molecular formula is C23H28FNO. The minimum atomic E-state index is -0.432. The van der Waals surface area contributed by atoms with Gasteiger partial charge < -0.3 is 4.90 Å². The van der Waals surface area contributed by atoms with Crippen molar-refractivity contribution in [2.75, 3.05) is 13.1 Å². The van der Waals surface area contributed by atoms with Crippen LogP contribution in [0.3, 0.4) is 0 Å². The Hall–Kier alpha value is -2.16. The minimum absolute atomic E-state index is 0.177. The molecule has 1 amide bonds. The number of carbonyl (C=O) groups is 1. The molecule has 2 aromatic carbocycles. The van der Waals surface area contributed by atoms with Crippen molar-refractivity contribution in [2.24, 2.45) is 11.8 Å². The molecule has 2 nitrogen and oxygen atoms in total. The number of carbonyl (C=O) groups excluding carboxylic acids is 1. The summed E-state index contributed by atoms with van der Waals surface area (Å²) in [7, 11) is 0. The molecule has 0 bridgehead atoms. The van der Waals surface area contributed by atoms with E-state index in [1.54, 1.807) is 6.07 Å². The summed E-state index contributed by atoms with van der Waals surface area (Å²) < 4.78 is 14.6. The van der Waals surface area contributed by atoms with Crippen LogP contribution in [0.15, 0.2) is 48.5 Å². The molecule has 26 heavy (non-hydrogen) atoms. The summed E-state index contributed by atoms with van der Waals surface area (Å²) in [6, 6.07) is 14.5. The Morgan fingerprint density at radius 2 is 1.77 bits per heavy atom. The second-order valence-electron chi connectivity index (χ2n) is 7.74. The lowest BCUT2D eigenvalue weighted by Crippen LogP contribution is -2.39. The SMILES string of the molecule is CC(C)CCC1CCN(C(=O)c2c(F)cccc2-c2ccccc2)CC1. The molecule has 0 unspecified atom stereocenters. The summed E-state index contributed by atoms with van der Waals surface area (Å²) in [5.41, 5.74) is 1.76. The third-order valence-corrected chi connectivity index (χ3v) is 5.37. The third-order valence-electron chi connectivity index (χ3n) is 5.37. The first-order chi connectivity index (χ1) is 12.6. The van der Waals surface area contributed by atoms with Gasteiger partial charge >= 0.3 is 0 Å². The number of piperidine rings is 1. The molecule has 0 spiro atoms. The van der Waals surface area contributed by atoms with E-state index in [0.717, 1.165) is 37.4 Å².